The second-order valence-electron chi connectivity index (χ2n) is 4.13. The van der Waals surface area contributed by atoms with E-state index in [4.69, 9.17) is 39.9 Å². The molecule has 26 heavy (non-hydrogen) atoms. The minimum absolute atomic E-state index is 0.161. The number of nitrogens with two attached hydrogens (primary N) is 2. The van der Waals surface area contributed by atoms with E-state index in [2.05, 4.69) is 25.7 Å². The van der Waals surface area contributed by atoms with E-state index in [-0.39, 0.29) is 45.3 Å². The van der Waals surface area contributed by atoms with Crippen LogP contribution in [0.15, 0.2) is 0 Å². The Morgan fingerprint density at radius 3 is 1.54 bits per heavy atom. The van der Waals surface area contributed by atoms with Crippen molar-refractivity contribution >= 4 is 18.3 Å². The highest BCUT2D eigenvalue weighted by Gasteiger charge is 2.23. The van der Waals surface area contributed by atoms with Gasteiger partial charge in [-0.05, 0) is 0 Å². The second-order valence-corrected chi connectivity index (χ2v) is 4.13. The number of primary amides is 2. The molecule has 2 amide bonds. The van der Waals surface area contributed by atoms with E-state index in [9.17, 15) is 4.79 Å². The van der Waals surface area contributed by atoms with Crippen LogP contribution in [-0.4, -0.2) is 102 Å². The first kappa shape index (κ1) is 28.5. The van der Waals surface area contributed by atoms with E-state index in [1.807, 2.05) is 0 Å². The minimum Gasteiger partial charge on any atom is -0.430 e. The van der Waals surface area contributed by atoms with Gasteiger partial charge < -0.3 is 51.2 Å². The quantitative estimate of drug-likeness (QED) is 0.178. The lowest BCUT2D eigenvalue weighted by Crippen LogP contribution is -2.18. The number of aliphatic hydroxyl groups is 5. The van der Waals surface area contributed by atoms with Gasteiger partial charge in [-0.25, -0.2) is 9.59 Å². The summed E-state index contributed by atoms with van der Waals surface area (Å²) in [5.74, 6) is 0. The van der Waals surface area contributed by atoms with E-state index < -0.39 is 24.4 Å². The molecule has 0 bridgehead atoms. The van der Waals surface area contributed by atoms with Gasteiger partial charge in [0.1, 0.15) is 18.8 Å². The van der Waals surface area contributed by atoms with Crippen LogP contribution in [0.1, 0.15) is 0 Å². The zero-order valence-corrected chi connectivity index (χ0v) is 13.7. The van der Waals surface area contributed by atoms with Crippen molar-refractivity contribution in [3.8, 4) is 0 Å². The fraction of sp³-hybridized carbons (Fsp3) is 0.750. The van der Waals surface area contributed by atoms with Gasteiger partial charge in [-0.2, -0.15) is 9.59 Å². The topological polar surface area (TPSA) is 252 Å². The van der Waals surface area contributed by atoms with Gasteiger partial charge in [-0.1, -0.05) is 0 Å². The summed E-state index contributed by atoms with van der Waals surface area (Å²) in [6, 6.07) is -0.833. The Labute approximate surface area is 147 Å². The van der Waals surface area contributed by atoms with Gasteiger partial charge in [0.25, 0.3) is 0 Å². The molecular weight excluding hydrogens is 364 g/mol. The van der Waals surface area contributed by atoms with Crippen molar-refractivity contribution in [2.45, 2.75) is 18.3 Å². The Morgan fingerprint density at radius 1 is 1.08 bits per heavy atom. The van der Waals surface area contributed by atoms with Crippen molar-refractivity contribution in [2.75, 3.05) is 39.6 Å². The molecule has 2 atom stereocenters. The number of epoxide rings is 1. The summed E-state index contributed by atoms with van der Waals surface area (Å²) in [6.07, 6.45) is -1.65. The number of hydrogen-bond acceptors (Lipinski definition) is 12. The molecule has 2 aliphatic heterocycles. The van der Waals surface area contributed by atoms with Gasteiger partial charge in [0, 0.05) is 0 Å². The third kappa shape index (κ3) is 29.7. The number of carbonyl (C=O) groups is 2. The molecule has 14 nitrogen and oxygen atoms in total. The summed E-state index contributed by atoms with van der Waals surface area (Å²) in [7, 11) is 0. The summed E-state index contributed by atoms with van der Waals surface area (Å²) < 4.78 is 13.3. The molecule has 0 aliphatic carbocycles. The molecule has 2 heterocycles. The van der Waals surface area contributed by atoms with Crippen LogP contribution in [-0.2, 0) is 23.8 Å². The number of hydrogen-bond donors (Lipinski definition) is 7. The number of amides is 2. The molecule has 0 aromatic heterocycles. The maximum atomic E-state index is 10.1. The predicted molar refractivity (Wildman–Crippen MR) is 79.1 cm³/mol. The number of rotatable bonds is 4. The van der Waals surface area contributed by atoms with E-state index in [0.29, 0.717) is 0 Å². The van der Waals surface area contributed by atoms with Gasteiger partial charge in [0.05, 0.1) is 33.0 Å². The molecule has 0 spiro atoms. The van der Waals surface area contributed by atoms with Gasteiger partial charge in [-0.15, -0.1) is 0 Å². The summed E-state index contributed by atoms with van der Waals surface area (Å²) in [5, 5.41) is 40.4. The van der Waals surface area contributed by atoms with E-state index in [1.165, 1.54) is 0 Å². The van der Waals surface area contributed by atoms with Crippen molar-refractivity contribution in [2.24, 2.45) is 11.5 Å². The number of aliphatic hydroxyl groups excluding tert-OH is 5. The van der Waals surface area contributed by atoms with Crippen LogP contribution in [0.5, 0.6) is 0 Å². The number of carbonyl (C=O) groups excluding carboxylic acids is 4. The SMILES string of the molecule is NC(N)=O.O=C1OCC(CO)O1.O=C=O.OCC(O)CO.OCC1CO1. The third-order valence-corrected chi connectivity index (χ3v) is 1.88. The number of urea groups is 1. The molecule has 2 saturated heterocycles. The zero-order valence-electron chi connectivity index (χ0n) is 13.7. The zero-order chi connectivity index (χ0) is 21.0. The Balaban J connectivity index is -0.000000266. The minimum atomic E-state index is -0.954. The highest BCUT2D eigenvalue weighted by Crippen LogP contribution is 2.05. The fourth-order valence-corrected chi connectivity index (χ4v) is 0.686. The van der Waals surface area contributed by atoms with Crippen LogP contribution in [0.2, 0.25) is 0 Å². The van der Waals surface area contributed by atoms with Crippen LogP contribution >= 0.6 is 0 Å². The lowest BCUT2D eigenvalue weighted by Gasteiger charge is -1.96. The monoisotopic (exact) mass is 388 g/mol. The van der Waals surface area contributed by atoms with Crippen molar-refractivity contribution in [3.05, 3.63) is 0 Å². The fourth-order valence-electron chi connectivity index (χ4n) is 0.686. The lowest BCUT2D eigenvalue weighted by molar-refractivity contribution is -0.191. The Hall–Kier alpha value is -2.32. The maximum Gasteiger partial charge on any atom is 0.508 e. The molecule has 2 rings (SSSR count). The molecule has 0 saturated carbocycles. The van der Waals surface area contributed by atoms with Crippen molar-refractivity contribution in [1.82, 2.24) is 0 Å². The highest BCUT2D eigenvalue weighted by molar-refractivity contribution is 5.69. The molecule has 2 fully saturated rings. The smallest absolute Gasteiger partial charge is 0.430 e. The Morgan fingerprint density at radius 2 is 1.46 bits per heavy atom. The Bertz CT molecular complexity index is 376. The van der Waals surface area contributed by atoms with Crippen molar-refractivity contribution < 1.29 is 58.9 Å². The van der Waals surface area contributed by atoms with Gasteiger partial charge >= 0.3 is 18.3 Å². The summed E-state index contributed by atoms with van der Waals surface area (Å²) in [4.78, 5) is 35.3. The third-order valence-electron chi connectivity index (χ3n) is 1.88. The van der Waals surface area contributed by atoms with Gasteiger partial charge in [0.15, 0.2) is 6.10 Å². The average molecular weight is 388 g/mol. The second kappa shape index (κ2) is 20.7. The normalized spacial score (nSPS) is 18.5. The van der Waals surface area contributed by atoms with Crippen LogP contribution in [0, 0.1) is 0 Å². The van der Waals surface area contributed by atoms with Gasteiger partial charge in [0.2, 0.25) is 0 Å². The van der Waals surface area contributed by atoms with E-state index in [1.54, 1.807) is 0 Å². The summed E-state index contributed by atoms with van der Waals surface area (Å²) in [6.45, 7) is 0.241. The molecule has 2 unspecified atom stereocenters. The lowest BCUT2D eigenvalue weighted by atomic mass is 10.4. The molecule has 14 heteroatoms. The number of ether oxygens (including phenoxy) is 3. The number of cyclic esters (lactones) is 2. The van der Waals surface area contributed by atoms with E-state index in [0.717, 1.165) is 6.61 Å². The summed E-state index contributed by atoms with van der Waals surface area (Å²) >= 11 is 0. The van der Waals surface area contributed by atoms with Crippen LogP contribution in [0.4, 0.5) is 9.59 Å². The molecule has 2 aliphatic rings. The average Bonchev–Trinajstić information content (AvgIpc) is 3.35. The standard InChI is InChI=1S/C4H6O4.C3H8O3.C3H6O2.CH4N2O.CO2/c5-1-3-2-7-4(6)8-3;4-1-3(6)2-5;4-1-3-2-5-3;2-1(3)4;2-1-3/h3,5H,1-2H2;3-6H,1-2H2;3-4H,1-2H2;(H4,2,3,4);. The highest BCUT2D eigenvalue weighted by atomic mass is 16.8. The summed E-state index contributed by atoms with van der Waals surface area (Å²) in [5.41, 5.74) is 8.50. The predicted octanol–water partition coefficient (Wildman–Crippen LogP) is -4.34. The molecule has 0 aromatic carbocycles. The first-order valence-electron chi connectivity index (χ1n) is 6.82. The van der Waals surface area contributed by atoms with Crippen LogP contribution < -0.4 is 11.5 Å². The first-order valence-corrected chi connectivity index (χ1v) is 6.82. The first-order chi connectivity index (χ1) is 12.2. The molecule has 0 radical (unpaired) electrons. The van der Waals surface area contributed by atoms with Crippen molar-refractivity contribution in [3.63, 3.8) is 0 Å². The van der Waals surface area contributed by atoms with Crippen LogP contribution in [0.3, 0.4) is 0 Å². The van der Waals surface area contributed by atoms with Gasteiger partial charge in [-0.3, -0.25) is 0 Å². The molecule has 0 aromatic rings. The van der Waals surface area contributed by atoms with Crippen molar-refractivity contribution in [1.29, 1.82) is 0 Å². The molecule has 9 N–H and O–H groups in total. The van der Waals surface area contributed by atoms with Crippen LogP contribution in [0.25, 0.3) is 0 Å². The maximum absolute atomic E-state index is 10.1. The van der Waals surface area contributed by atoms with E-state index >= 15 is 0 Å². The molecule has 154 valence electrons. The molecular formula is C12H24N2O12. The Kier molecular flexibility index (Phi) is 22.7. The largest absolute Gasteiger partial charge is 0.508 e.